The predicted octanol–water partition coefficient (Wildman–Crippen LogP) is 6.87. The molecule has 3 N–H and O–H groups in total. The van der Waals surface area contributed by atoms with Crippen molar-refractivity contribution < 1.29 is 28.9 Å². The molecule has 3 aromatic rings. The molecule has 0 bridgehead atoms. The van der Waals surface area contributed by atoms with Crippen LogP contribution in [0.2, 0.25) is 10.0 Å². The first-order valence-electron chi connectivity index (χ1n) is 10.3. The van der Waals surface area contributed by atoms with E-state index in [1.54, 1.807) is 6.07 Å². The summed E-state index contributed by atoms with van der Waals surface area (Å²) in [6, 6.07) is 12.4. The molecule has 0 fully saturated rings. The number of carboxylic acid groups (broad SMARTS) is 1. The number of aromatic nitrogens is 1. The minimum atomic E-state index is -1.27. The quantitative estimate of drug-likeness (QED) is 0.249. The smallest absolute Gasteiger partial charge is 0.328 e. The fraction of sp³-hybridized carbons (Fsp3) is 0.280. The normalized spacial score (nSPS) is 11.6. The lowest BCUT2D eigenvalue weighted by Crippen LogP contribution is -2.34. The van der Waals surface area contributed by atoms with Gasteiger partial charge >= 0.3 is 5.97 Å². The Morgan fingerprint density at radius 3 is 2.46 bits per heavy atom. The van der Waals surface area contributed by atoms with Crippen molar-refractivity contribution in [3.05, 3.63) is 75.7 Å². The number of hydrogen-bond donors (Lipinski definition) is 3. The number of phenolic OH excluding ortho intramolecular Hbond substituents is 1. The first kappa shape index (κ1) is 28.2. The predicted molar refractivity (Wildman–Crippen MR) is 134 cm³/mol. The number of ether oxygens (including phenoxy) is 2. The van der Waals surface area contributed by atoms with Gasteiger partial charge in [-0.3, -0.25) is 0 Å². The Balaban J connectivity index is 0.00000432. The molecule has 0 saturated carbocycles. The SMILES string of the molecule is C.CC(C)c1cc(Oc2c(Cl)c(F)nc(N[C@H](COCc3ccccc3)C(=O)O)c2Cl)ccc1O. The Hall–Kier alpha value is -3.07. The molecule has 0 aliphatic carbocycles. The van der Waals surface area contributed by atoms with Crippen molar-refractivity contribution in [3.8, 4) is 17.2 Å². The molecule has 0 amide bonds. The number of carboxylic acids is 1. The van der Waals surface area contributed by atoms with Crippen LogP contribution in [0.5, 0.6) is 17.2 Å². The molecular formula is C25H27Cl2FN2O5. The topological polar surface area (TPSA) is 101 Å². The molecule has 10 heteroatoms. The Morgan fingerprint density at radius 1 is 1.14 bits per heavy atom. The second-order valence-electron chi connectivity index (χ2n) is 7.72. The highest BCUT2D eigenvalue weighted by atomic mass is 35.5. The van der Waals surface area contributed by atoms with E-state index < -0.39 is 23.0 Å². The highest BCUT2D eigenvalue weighted by Gasteiger charge is 2.25. The lowest BCUT2D eigenvalue weighted by atomic mass is 10.0. The number of aliphatic carboxylic acids is 1. The van der Waals surface area contributed by atoms with Crippen molar-refractivity contribution in [2.45, 2.75) is 39.8 Å². The molecule has 1 atom stereocenters. The number of anilines is 1. The number of phenols is 1. The third-order valence-corrected chi connectivity index (χ3v) is 5.52. The number of benzene rings is 2. The summed E-state index contributed by atoms with van der Waals surface area (Å²) in [5.74, 6) is -2.52. The monoisotopic (exact) mass is 524 g/mol. The van der Waals surface area contributed by atoms with Crippen LogP contribution in [0.3, 0.4) is 0 Å². The summed E-state index contributed by atoms with van der Waals surface area (Å²) in [7, 11) is 0. The molecule has 1 aromatic heterocycles. The number of aromatic hydroxyl groups is 1. The average molecular weight is 525 g/mol. The van der Waals surface area contributed by atoms with Gasteiger partial charge in [0.2, 0.25) is 5.95 Å². The van der Waals surface area contributed by atoms with Gasteiger partial charge in [-0.2, -0.15) is 9.37 Å². The van der Waals surface area contributed by atoms with E-state index in [1.807, 2.05) is 44.2 Å². The molecule has 3 rings (SSSR count). The average Bonchev–Trinajstić information content (AvgIpc) is 2.80. The van der Waals surface area contributed by atoms with Gasteiger partial charge < -0.3 is 25.0 Å². The third kappa shape index (κ3) is 7.21. The maximum atomic E-state index is 14.5. The van der Waals surface area contributed by atoms with Gasteiger partial charge in [-0.25, -0.2) is 4.79 Å². The summed E-state index contributed by atoms with van der Waals surface area (Å²) in [6.45, 7) is 3.73. The minimum absolute atomic E-state index is 0. The van der Waals surface area contributed by atoms with Crippen LogP contribution in [-0.2, 0) is 16.1 Å². The number of nitrogens with one attached hydrogen (secondary N) is 1. The van der Waals surface area contributed by atoms with Crippen molar-refractivity contribution in [2.24, 2.45) is 0 Å². The van der Waals surface area contributed by atoms with Crippen LogP contribution in [0, 0.1) is 5.95 Å². The van der Waals surface area contributed by atoms with Gasteiger partial charge in [-0.1, -0.05) is 74.8 Å². The van der Waals surface area contributed by atoms with Gasteiger partial charge in [0.05, 0.1) is 13.2 Å². The van der Waals surface area contributed by atoms with Crippen molar-refractivity contribution in [1.82, 2.24) is 4.98 Å². The number of nitrogens with zero attached hydrogens (tertiary/aromatic N) is 1. The molecule has 1 heterocycles. The van der Waals surface area contributed by atoms with Crippen molar-refractivity contribution in [3.63, 3.8) is 0 Å². The summed E-state index contributed by atoms with van der Waals surface area (Å²) < 4.78 is 25.7. The summed E-state index contributed by atoms with van der Waals surface area (Å²) in [5.41, 5.74) is 1.48. The standard InChI is InChI=1S/C24H23Cl2FN2O5.CH4/c1-13(2)16-10-15(8-9-18(16)30)34-21-19(25)22(27)29-23(20(21)26)28-17(24(31)32)12-33-11-14-6-4-3-5-7-14;/h3-10,13,17,30H,11-12H2,1-2H3,(H,28,29)(H,31,32);1H4/t17-;/m1./s1. The van der Waals surface area contributed by atoms with Crippen LogP contribution >= 0.6 is 23.2 Å². The Morgan fingerprint density at radius 2 is 1.83 bits per heavy atom. The largest absolute Gasteiger partial charge is 0.508 e. The number of carbonyl (C=O) groups is 1. The fourth-order valence-corrected chi connectivity index (χ4v) is 3.52. The number of hydrogen-bond acceptors (Lipinski definition) is 6. The molecule has 7 nitrogen and oxygen atoms in total. The lowest BCUT2D eigenvalue weighted by Gasteiger charge is -2.19. The van der Waals surface area contributed by atoms with E-state index in [2.05, 4.69) is 10.3 Å². The zero-order valence-corrected chi connectivity index (χ0v) is 19.9. The Bertz CT molecular complexity index is 1160. The van der Waals surface area contributed by atoms with E-state index in [1.165, 1.54) is 12.1 Å². The molecule has 188 valence electrons. The van der Waals surface area contributed by atoms with Crippen molar-refractivity contribution in [2.75, 3.05) is 11.9 Å². The summed E-state index contributed by atoms with van der Waals surface area (Å²) in [4.78, 5) is 15.4. The van der Waals surface area contributed by atoms with E-state index in [9.17, 15) is 19.4 Å². The third-order valence-electron chi connectivity index (χ3n) is 4.84. The molecule has 0 aliphatic rings. The molecule has 0 spiro atoms. The zero-order valence-electron chi connectivity index (χ0n) is 18.4. The number of rotatable bonds is 10. The van der Waals surface area contributed by atoms with Crippen LogP contribution in [0.25, 0.3) is 0 Å². The Labute approximate surface area is 213 Å². The second kappa shape index (κ2) is 12.6. The molecule has 0 unspecified atom stereocenters. The van der Waals surface area contributed by atoms with Crippen LogP contribution in [0.15, 0.2) is 48.5 Å². The van der Waals surface area contributed by atoms with Crippen molar-refractivity contribution in [1.29, 1.82) is 0 Å². The molecule has 2 aromatic carbocycles. The highest BCUT2D eigenvalue weighted by molar-refractivity contribution is 6.38. The molecule has 35 heavy (non-hydrogen) atoms. The molecule has 0 radical (unpaired) electrons. The Kier molecular flexibility index (Phi) is 10.1. The molecule has 0 aliphatic heterocycles. The van der Waals surface area contributed by atoms with Crippen LogP contribution in [-0.4, -0.2) is 33.8 Å². The zero-order chi connectivity index (χ0) is 24.8. The second-order valence-corrected chi connectivity index (χ2v) is 8.48. The fourth-order valence-electron chi connectivity index (χ4n) is 3.06. The molecule has 0 saturated heterocycles. The van der Waals surface area contributed by atoms with Crippen LogP contribution in [0.4, 0.5) is 10.2 Å². The van der Waals surface area contributed by atoms with E-state index >= 15 is 0 Å². The minimum Gasteiger partial charge on any atom is -0.508 e. The highest BCUT2D eigenvalue weighted by Crippen LogP contribution is 2.42. The summed E-state index contributed by atoms with van der Waals surface area (Å²) in [5, 5.41) is 21.5. The molecular weight excluding hydrogens is 498 g/mol. The first-order chi connectivity index (χ1) is 16.2. The summed E-state index contributed by atoms with van der Waals surface area (Å²) >= 11 is 12.4. The van der Waals surface area contributed by atoms with Gasteiger partial charge in [0.25, 0.3) is 0 Å². The van der Waals surface area contributed by atoms with Gasteiger partial charge in [0.1, 0.15) is 27.6 Å². The van der Waals surface area contributed by atoms with Crippen molar-refractivity contribution >= 4 is 35.0 Å². The number of pyridine rings is 1. The maximum absolute atomic E-state index is 14.5. The maximum Gasteiger partial charge on any atom is 0.328 e. The lowest BCUT2D eigenvalue weighted by molar-refractivity contribution is -0.139. The van der Waals surface area contributed by atoms with Gasteiger partial charge in [-0.05, 0) is 29.7 Å². The van der Waals surface area contributed by atoms with Crippen LogP contribution < -0.4 is 10.1 Å². The van der Waals surface area contributed by atoms with Gasteiger partial charge in [-0.15, -0.1) is 0 Å². The van der Waals surface area contributed by atoms with E-state index in [-0.39, 0.29) is 54.6 Å². The van der Waals surface area contributed by atoms with Gasteiger partial charge in [0.15, 0.2) is 11.6 Å². The number of halogens is 3. The van der Waals surface area contributed by atoms with Crippen LogP contribution in [0.1, 0.15) is 38.3 Å². The van der Waals surface area contributed by atoms with E-state index in [0.717, 1.165) is 5.56 Å². The first-order valence-corrected chi connectivity index (χ1v) is 11.1. The van der Waals surface area contributed by atoms with E-state index in [4.69, 9.17) is 32.7 Å². The summed E-state index contributed by atoms with van der Waals surface area (Å²) in [6.07, 6.45) is 0. The van der Waals surface area contributed by atoms with E-state index in [0.29, 0.717) is 5.56 Å². The van der Waals surface area contributed by atoms with Gasteiger partial charge in [0, 0.05) is 5.56 Å².